The van der Waals surface area contributed by atoms with Gasteiger partial charge in [0.25, 0.3) is 0 Å². The molecule has 0 unspecified atom stereocenters. The predicted molar refractivity (Wildman–Crippen MR) is 107 cm³/mol. The summed E-state index contributed by atoms with van der Waals surface area (Å²) in [6.45, 7) is 4.05. The Morgan fingerprint density at radius 3 is 2.85 bits per heavy atom. The molecule has 4 rings (SSSR count). The van der Waals surface area contributed by atoms with Gasteiger partial charge in [0, 0.05) is 16.6 Å². The van der Waals surface area contributed by atoms with E-state index < -0.39 is 0 Å². The molecule has 130 valence electrons. The highest BCUT2D eigenvalue weighted by Gasteiger charge is 2.13. The van der Waals surface area contributed by atoms with Gasteiger partial charge in [-0.05, 0) is 37.1 Å². The second-order valence-corrected chi connectivity index (χ2v) is 7.12. The van der Waals surface area contributed by atoms with Crippen molar-refractivity contribution in [2.75, 3.05) is 11.1 Å². The SMILES string of the molecule is Cc1cccc(NC(=O)CSc2ncnc3c2[nH]c2ccccc23)c1C. The Hall–Kier alpha value is -2.86. The van der Waals surface area contributed by atoms with Gasteiger partial charge < -0.3 is 10.3 Å². The first kappa shape index (κ1) is 16.6. The molecule has 2 N–H and O–H groups in total. The fourth-order valence-corrected chi connectivity index (χ4v) is 3.69. The number of benzene rings is 2. The van der Waals surface area contributed by atoms with Crippen LogP contribution in [-0.4, -0.2) is 26.6 Å². The number of anilines is 1. The van der Waals surface area contributed by atoms with Gasteiger partial charge in [-0.25, -0.2) is 9.97 Å². The quantitative estimate of drug-likeness (QED) is 0.415. The van der Waals surface area contributed by atoms with Crippen molar-refractivity contribution in [2.45, 2.75) is 18.9 Å². The number of carbonyl (C=O) groups is 1. The maximum absolute atomic E-state index is 12.4. The lowest BCUT2D eigenvalue weighted by molar-refractivity contribution is -0.113. The van der Waals surface area contributed by atoms with Gasteiger partial charge in [-0.2, -0.15) is 0 Å². The monoisotopic (exact) mass is 362 g/mol. The van der Waals surface area contributed by atoms with Crippen molar-refractivity contribution >= 4 is 45.3 Å². The molecule has 0 saturated heterocycles. The van der Waals surface area contributed by atoms with Crippen molar-refractivity contribution in [2.24, 2.45) is 0 Å². The minimum Gasteiger partial charge on any atom is -0.351 e. The molecule has 0 aliphatic rings. The van der Waals surface area contributed by atoms with Crippen LogP contribution in [-0.2, 0) is 4.79 Å². The van der Waals surface area contributed by atoms with Gasteiger partial charge in [-0.3, -0.25) is 4.79 Å². The molecule has 0 aliphatic heterocycles. The molecule has 2 aromatic heterocycles. The van der Waals surface area contributed by atoms with Crippen molar-refractivity contribution < 1.29 is 4.79 Å². The number of hydrogen-bond donors (Lipinski definition) is 2. The Morgan fingerprint density at radius 1 is 1.12 bits per heavy atom. The van der Waals surface area contributed by atoms with Crippen molar-refractivity contribution in [3.8, 4) is 0 Å². The van der Waals surface area contributed by atoms with Gasteiger partial charge in [0.2, 0.25) is 5.91 Å². The van der Waals surface area contributed by atoms with Crippen LogP contribution in [0.1, 0.15) is 11.1 Å². The number of aryl methyl sites for hydroxylation is 1. The highest BCUT2D eigenvalue weighted by Crippen LogP contribution is 2.29. The predicted octanol–water partition coefficient (Wildman–Crippen LogP) is 4.46. The zero-order valence-electron chi connectivity index (χ0n) is 14.5. The molecule has 0 aliphatic carbocycles. The minimum atomic E-state index is -0.0495. The van der Waals surface area contributed by atoms with Crippen LogP contribution in [0.15, 0.2) is 53.8 Å². The summed E-state index contributed by atoms with van der Waals surface area (Å²) >= 11 is 1.41. The third-order valence-electron chi connectivity index (χ3n) is 4.47. The van der Waals surface area contributed by atoms with Crippen LogP contribution in [0.25, 0.3) is 21.9 Å². The Bertz CT molecular complexity index is 1120. The normalized spacial score (nSPS) is 11.2. The zero-order valence-corrected chi connectivity index (χ0v) is 15.4. The Morgan fingerprint density at radius 2 is 1.96 bits per heavy atom. The lowest BCUT2D eigenvalue weighted by Gasteiger charge is -2.10. The van der Waals surface area contributed by atoms with E-state index in [0.717, 1.165) is 43.8 Å². The van der Waals surface area contributed by atoms with Crippen LogP contribution in [0.4, 0.5) is 5.69 Å². The molecule has 0 bridgehead atoms. The summed E-state index contributed by atoms with van der Waals surface area (Å²) < 4.78 is 0. The van der Waals surface area contributed by atoms with Crippen LogP contribution in [0.2, 0.25) is 0 Å². The van der Waals surface area contributed by atoms with Crippen LogP contribution in [0.3, 0.4) is 0 Å². The Kier molecular flexibility index (Phi) is 4.34. The lowest BCUT2D eigenvalue weighted by Crippen LogP contribution is -2.15. The molecule has 1 amide bonds. The van der Waals surface area contributed by atoms with E-state index >= 15 is 0 Å². The molecule has 0 spiro atoms. The summed E-state index contributed by atoms with van der Waals surface area (Å²) in [5, 5.41) is 4.82. The first-order chi connectivity index (χ1) is 12.6. The average molecular weight is 362 g/mol. The molecule has 5 nitrogen and oxygen atoms in total. The van der Waals surface area contributed by atoms with Gasteiger partial charge in [0.05, 0.1) is 11.3 Å². The maximum atomic E-state index is 12.4. The zero-order chi connectivity index (χ0) is 18.1. The number of aromatic amines is 1. The van der Waals surface area contributed by atoms with Gasteiger partial charge >= 0.3 is 0 Å². The number of rotatable bonds is 4. The summed E-state index contributed by atoms with van der Waals surface area (Å²) in [5.74, 6) is 0.237. The lowest BCUT2D eigenvalue weighted by atomic mass is 10.1. The third kappa shape index (κ3) is 3.04. The summed E-state index contributed by atoms with van der Waals surface area (Å²) in [5.41, 5.74) is 5.88. The van der Waals surface area contributed by atoms with Crippen molar-refractivity contribution in [1.29, 1.82) is 0 Å². The number of amides is 1. The molecule has 4 aromatic rings. The largest absolute Gasteiger partial charge is 0.351 e. The fraction of sp³-hybridized carbons (Fsp3) is 0.150. The standard InChI is InChI=1S/C20H18N4OS/c1-12-6-5-9-15(13(12)2)23-17(25)10-26-20-19-18(21-11-22-20)14-7-3-4-8-16(14)24-19/h3-9,11,24H,10H2,1-2H3,(H,23,25). The summed E-state index contributed by atoms with van der Waals surface area (Å²) in [6, 6.07) is 13.9. The van der Waals surface area contributed by atoms with Crippen molar-refractivity contribution in [3.63, 3.8) is 0 Å². The second kappa shape index (κ2) is 6.80. The second-order valence-electron chi connectivity index (χ2n) is 6.16. The highest BCUT2D eigenvalue weighted by molar-refractivity contribution is 8.00. The van der Waals surface area contributed by atoms with E-state index in [-0.39, 0.29) is 11.7 Å². The van der Waals surface area contributed by atoms with Crippen molar-refractivity contribution in [1.82, 2.24) is 15.0 Å². The topological polar surface area (TPSA) is 70.7 Å². The number of thioether (sulfide) groups is 1. The van der Waals surface area contributed by atoms with E-state index in [4.69, 9.17) is 0 Å². The van der Waals surface area contributed by atoms with E-state index in [1.54, 1.807) is 6.33 Å². The van der Waals surface area contributed by atoms with Crippen LogP contribution < -0.4 is 5.32 Å². The molecular formula is C20H18N4OS. The molecule has 0 radical (unpaired) electrons. The summed E-state index contributed by atoms with van der Waals surface area (Å²) in [6.07, 6.45) is 1.55. The van der Waals surface area contributed by atoms with Crippen molar-refractivity contribution in [3.05, 3.63) is 59.9 Å². The number of para-hydroxylation sites is 1. The average Bonchev–Trinajstić information content (AvgIpc) is 3.03. The van der Waals surface area contributed by atoms with E-state index in [9.17, 15) is 4.79 Å². The summed E-state index contributed by atoms with van der Waals surface area (Å²) in [4.78, 5) is 24.5. The number of carbonyl (C=O) groups excluding carboxylic acids is 1. The number of fused-ring (bicyclic) bond motifs is 3. The Balaban J connectivity index is 1.54. The molecule has 0 atom stereocenters. The number of aromatic nitrogens is 3. The smallest absolute Gasteiger partial charge is 0.234 e. The van der Waals surface area contributed by atoms with E-state index in [0.29, 0.717) is 0 Å². The van der Waals surface area contributed by atoms with Gasteiger partial charge in [0.15, 0.2) is 0 Å². The van der Waals surface area contributed by atoms with Gasteiger partial charge in [-0.1, -0.05) is 42.1 Å². The number of nitrogens with zero attached hydrogens (tertiary/aromatic N) is 2. The molecule has 2 aromatic carbocycles. The van der Waals surface area contributed by atoms with E-state index in [1.165, 1.54) is 11.8 Å². The van der Waals surface area contributed by atoms with Crippen LogP contribution >= 0.6 is 11.8 Å². The van der Waals surface area contributed by atoms with Gasteiger partial charge in [0.1, 0.15) is 16.9 Å². The fourth-order valence-electron chi connectivity index (χ4n) is 2.94. The van der Waals surface area contributed by atoms with Gasteiger partial charge in [-0.15, -0.1) is 0 Å². The van der Waals surface area contributed by atoms with E-state index in [2.05, 4.69) is 20.3 Å². The molecular weight excluding hydrogens is 344 g/mol. The van der Waals surface area contributed by atoms with Crippen LogP contribution in [0, 0.1) is 13.8 Å². The number of hydrogen-bond acceptors (Lipinski definition) is 4. The summed E-state index contributed by atoms with van der Waals surface area (Å²) in [7, 11) is 0. The molecule has 26 heavy (non-hydrogen) atoms. The molecule has 2 heterocycles. The highest BCUT2D eigenvalue weighted by atomic mass is 32.2. The maximum Gasteiger partial charge on any atom is 0.234 e. The molecule has 0 saturated carbocycles. The molecule has 6 heteroatoms. The number of nitrogens with one attached hydrogen (secondary N) is 2. The minimum absolute atomic E-state index is 0.0495. The third-order valence-corrected chi connectivity index (χ3v) is 5.46. The first-order valence-corrected chi connectivity index (χ1v) is 9.32. The first-order valence-electron chi connectivity index (χ1n) is 8.34. The number of H-pyrrole nitrogens is 1. The molecule has 0 fully saturated rings. The van der Waals surface area contributed by atoms with Crippen LogP contribution in [0.5, 0.6) is 0 Å². The Labute approximate surface area is 155 Å². The van der Waals surface area contributed by atoms with E-state index in [1.807, 2.05) is 56.3 Å².